The van der Waals surface area contributed by atoms with Crippen molar-refractivity contribution in [3.8, 4) is 5.75 Å². The van der Waals surface area contributed by atoms with E-state index in [4.69, 9.17) is 4.74 Å². The maximum Gasteiger partial charge on any atom is 0.133 e. The van der Waals surface area contributed by atoms with Gasteiger partial charge in [0.05, 0.1) is 15.9 Å². The predicted octanol–water partition coefficient (Wildman–Crippen LogP) is 5.78. The molecule has 0 N–H and O–H groups in total. The second kappa shape index (κ2) is 6.72. The van der Waals surface area contributed by atoms with Gasteiger partial charge in [-0.05, 0) is 53.0 Å². The first kappa shape index (κ1) is 15.5. The van der Waals surface area contributed by atoms with Gasteiger partial charge in [0.2, 0.25) is 0 Å². The molecule has 0 saturated carbocycles. The summed E-state index contributed by atoms with van der Waals surface area (Å²) in [6.07, 6.45) is 0. The smallest absolute Gasteiger partial charge is 0.133 e. The summed E-state index contributed by atoms with van der Waals surface area (Å²) in [7, 11) is 0. The molecule has 2 aromatic rings. The van der Waals surface area contributed by atoms with Crippen LogP contribution in [0.15, 0.2) is 40.9 Å². The van der Waals surface area contributed by atoms with Crippen LogP contribution in [0, 0.1) is 12.7 Å². The molecule has 1 nitrogen and oxygen atoms in total. The Morgan fingerprint density at radius 1 is 1.25 bits per heavy atom. The summed E-state index contributed by atoms with van der Waals surface area (Å²) in [5.41, 5.74) is 2.27. The van der Waals surface area contributed by atoms with Crippen LogP contribution in [0.3, 0.4) is 0 Å². The lowest BCUT2D eigenvalue weighted by atomic mass is 10.0. The Morgan fingerprint density at radius 2 is 2.00 bits per heavy atom. The van der Waals surface area contributed by atoms with Crippen molar-refractivity contribution in [3.05, 3.63) is 63.4 Å². The summed E-state index contributed by atoms with van der Waals surface area (Å²) in [6, 6.07) is 11.2. The monoisotopic (exact) mass is 400 g/mol. The first-order valence-corrected chi connectivity index (χ1v) is 8.06. The number of halogens is 3. The fourth-order valence-electron chi connectivity index (χ4n) is 1.99. The Kier molecular flexibility index (Phi) is 5.22. The number of benzene rings is 2. The number of ether oxygens (including phenoxy) is 1. The van der Waals surface area contributed by atoms with Crippen LogP contribution in [-0.4, -0.2) is 6.61 Å². The summed E-state index contributed by atoms with van der Waals surface area (Å²) >= 11 is 7.06. The molecule has 0 amide bonds. The van der Waals surface area contributed by atoms with E-state index in [9.17, 15) is 4.39 Å². The molecular weight excluding hydrogens is 387 g/mol. The van der Waals surface area contributed by atoms with Gasteiger partial charge in [-0.1, -0.05) is 40.2 Å². The van der Waals surface area contributed by atoms with Crippen LogP contribution in [-0.2, 0) is 0 Å². The van der Waals surface area contributed by atoms with Crippen molar-refractivity contribution in [1.29, 1.82) is 0 Å². The summed E-state index contributed by atoms with van der Waals surface area (Å²) in [5.74, 6) is 0.625. The van der Waals surface area contributed by atoms with Gasteiger partial charge in [0.15, 0.2) is 0 Å². The number of alkyl halides is 1. The van der Waals surface area contributed by atoms with Gasteiger partial charge in [-0.3, -0.25) is 0 Å². The third-order valence-corrected chi connectivity index (χ3v) is 4.68. The highest BCUT2D eigenvalue weighted by Gasteiger charge is 2.17. The Labute approximate surface area is 135 Å². The molecule has 0 bridgehead atoms. The van der Waals surface area contributed by atoms with Gasteiger partial charge in [-0.2, -0.15) is 0 Å². The molecule has 0 spiro atoms. The van der Waals surface area contributed by atoms with E-state index in [2.05, 4.69) is 31.9 Å². The molecule has 0 aliphatic rings. The second-order valence-corrected chi connectivity index (χ2v) is 6.23. The molecular formula is C16H15Br2FO. The summed E-state index contributed by atoms with van der Waals surface area (Å²) in [5, 5.41) is 0. The maximum atomic E-state index is 14.2. The zero-order valence-corrected chi connectivity index (χ0v) is 14.5. The quantitative estimate of drug-likeness (QED) is 0.590. The summed E-state index contributed by atoms with van der Waals surface area (Å²) in [4.78, 5) is -0.186. The minimum absolute atomic E-state index is 0.167. The van der Waals surface area contributed by atoms with Crippen LogP contribution in [0.2, 0.25) is 0 Å². The molecule has 0 aliphatic carbocycles. The second-order valence-electron chi connectivity index (χ2n) is 4.46. The maximum absolute atomic E-state index is 14.2. The van der Waals surface area contributed by atoms with Gasteiger partial charge in [0, 0.05) is 5.56 Å². The summed E-state index contributed by atoms with van der Waals surface area (Å²) in [6.45, 7) is 4.32. The van der Waals surface area contributed by atoms with Crippen molar-refractivity contribution in [3.63, 3.8) is 0 Å². The first-order chi connectivity index (χ1) is 9.54. The van der Waals surface area contributed by atoms with Gasteiger partial charge in [-0.15, -0.1) is 0 Å². The number of hydrogen-bond acceptors (Lipinski definition) is 1. The Bertz CT molecular complexity index is 613. The van der Waals surface area contributed by atoms with Crippen LogP contribution in [0.5, 0.6) is 5.75 Å². The van der Waals surface area contributed by atoms with Gasteiger partial charge in [0.25, 0.3) is 0 Å². The molecule has 0 saturated heterocycles. The zero-order valence-electron chi connectivity index (χ0n) is 11.3. The average molecular weight is 402 g/mol. The lowest BCUT2D eigenvalue weighted by Crippen LogP contribution is -1.99. The number of hydrogen-bond donors (Lipinski definition) is 0. The lowest BCUT2D eigenvalue weighted by molar-refractivity contribution is 0.338. The van der Waals surface area contributed by atoms with Crippen LogP contribution >= 0.6 is 31.9 Å². The van der Waals surface area contributed by atoms with E-state index in [-0.39, 0.29) is 10.6 Å². The molecule has 0 aromatic heterocycles. The highest BCUT2D eigenvalue weighted by atomic mass is 79.9. The topological polar surface area (TPSA) is 9.23 Å². The normalized spacial score (nSPS) is 12.2. The minimum Gasteiger partial charge on any atom is -0.493 e. The molecule has 0 radical (unpaired) electrons. The van der Waals surface area contributed by atoms with Gasteiger partial charge < -0.3 is 4.74 Å². The van der Waals surface area contributed by atoms with Crippen LogP contribution in [0.25, 0.3) is 0 Å². The van der Waals surface area contributed by atoms with Crippen molar-refractivity contribution in [1.82, 2.24) is 0 Å². The average Bonchev–Trinajstić information content (AvgIpc) is 2.43. The van der Waals surface area contributed by atoms with E-state index in [0.717, 1.165) is 15.8 Å². The van der Waals surface area contributed by atoms with Gasteiger partial charge in [-0.25, -0.2) is 4.39 Å². The van der Waals surface area contributed by atoms with Crippen molar-refractivity contribution in [2.75, 3.05) is 6.61 Å². The molecule has 2 rings (SSSR count). The third-order valence-electron chi connectivity index (χ3n) is 3.04. The van der Waals surface area contributed by atoms with E-state index >= 15 is 0 Å². The molecule has 20 heavy (non-hydrogen) atoms. The van der Waals surface area contributed by atoms with Crippen LogP contribution in [0.1, 0.15) is 28.4 Å². The zero-order chi connectivity index (χ0) is 14.7. The fraction of sp³-hybridized carbons (Fsp3) is 0.250. The molecule has 106 valence electrons. The Balaban J connectivity index is 2.36. The molecule has 0 fully saturated rings. The predicted molar refractivity (Wildman–Crippen MR) is 87.2 cm³/mol. The molecule has 4 heteroatoms. The number of aryl methyl sites for hydroxylation is 1. The Morgan fingerprint density at radius 3 is 2.65 bits per heavy atom. The van der Waals surface area contributed by atoms with Crippen molar-refractivity contribution in [2.45, 2.75) is 18.7 Å². The van der Waals surface area contributed by atoms with E-state index in [1.54, 1.807) is 19.1 Å². The molecule has 0 aliphatic heterocycles. The third kappa shape index (κ3) is 3.23. The highest BCUT2D eigenvalue weighted by Crippen LogP contribution is 2.36. The standard InChI is InChI=1S/C16H15Br2FO/c1-3-20-14-8-7-11(9-13(14)17)15(18)12-6-4-5-10(2)16(12)19/h4-9,15H,3H2,1-2H3. The SMILES string of the molecule is CCOc1ccc(C(Br)c2cccc(C)c2F)cc1Br. The fourth-order valence-corrected chi connectivity index (χ4v) is 3.14. The molecule has 2 aromatic carbocycles. The van der Waals surface area contributed by atoms with Crippen LogP contribution in [0.4, 0.5) is 4.39 Å². The molecule has 0 heterocycles. The van der Waals surface area contributed by atoms with E-state index in [1.165, 1.54) is 0 Å². The van der Waals surface area contributed by atoms with E-state index < -0.39 is 0 Å². The molecule has 1 atom stereocenters. The van der Waals surface area contributed by atoms with Crippen molar-refractivity contribution >= 4 is 31.9 Å². The minimum atomic E-state index is -0.186. The first-order valence-electron chi connectivity index (χ1n) is 6.36. The van der Waals surface area contributed by atoms with Gasteiger partial charge in [0.1, 0.15) is 11.6 Å². The summed E-state index contributed by atoms with van der Waals surface area (Å²) < 4.78 is 20.5. The van der Waals surface area contributed by atoms with E-state index in [1.807, 2.05) is 31.2 Å². The van der Waals surface area contributed by atoms with Gasteiger partial charge >= 0.3 is 0 Å². The highest BCUT2D eigenvalue weighted by molar-refractivity contribution is 9.10. The lowest BCUT2D eigenvalue weighted by Gasteiger charge is -2.15. The van der Waals surface area contributed by atoms with Crippen LogP contribution < -0.4 is 4.74 Å². The Hall–Kier alpha value is -0.870. The largest absolute Gasteiger partial charge is 0.493 e. The molecule has 1 unspecified atom stereocenters. The van der Waals surface area contributed by atoms with Crippen molar-refractivity contribution < 1.29 is 9.13 Å². The number of rotatable bonds is 4. The van der Waals surface area contributed by atoms with E-state index in [0.29, 0.717) is 17.7 Å². The van der Waals surface area contributed by atoms with Crippen molar-refractivity contribution in [2.24, 2.45) is 0 Å².